The van der Waals surface area contributed by atoms with Crippen LogP contribution in [0.3, 0.4) is 0 Å². The molecule has 116 valence electrons. The van der Waals surface area contributed by atoms with Gasteiger partial charge in [0.15, 0.2) is 0 Å². The summed E-state index contributed by atoms with van der Waals surface area (Å²) in [5, 5.41) is 0.592. The molecule has 0 atom stereocenters. The molecule has 0 aliphatic rings. The van der Waals surface area contributed by atoms with E-state index in [0.717, 1.165) is 13.1 Å². The zero-order valence-corrected chi connectivity index (χ0v) is 13.5. The molecule has 1 aromatic carbocycles. The van der Waals surface area contributed by atoms with Crippen LogP contribution in [0.1, 0.15) is 13.8 Å². The number of fused-ring (bicyclic) bond motifs is 1. The number of aryl methyl sites for hydroxylation is 1. The molecule has 0 fully saturated rings. The number of halogens is 1. The molecule has 0 saturated heterocycles. The van der Waals surface area contributed by atoms with Crippen molar-refractivity contribution in [2.75, 3.05) is 19.6 Å². The lowest BCUT2D eigenvalue weighted by Crippen LogP contribution is -2.42. The molecule has 0 radical (unpaired) electrons. The molecule has 0 aliphatic carbocycles. The van der Waals surface area contributed by atoms with Gasteiger partial charge in [0.05, 0.1) is 10.9 Å². The third-order valence-corrected chi connectivity index (χ3v) is 3.79. The number of para-hydroxylation sites is 1. The van der Waals surface area contributed by atoms with E-state index in [-0.39, 0.29) is 23.7 Å². The van der Waals surface area contributed by atoms with Crippen LogP contribution in [0.15, 0.2) is 33.9 Å². The van der Waals surface area contributed by atoms with Crippen molar-refractivity contribution in [1.82, 2.24) is 14.0 Å². The van der Waals surface area contributed by atoms with Gasteiger partial charge in [-0.15, -0.1) is 12.4 Å². The van der Waals surface area contributed by atoms with E-state index in [1.807, 2.05) is 12.1 Å². The molecule has 2 aromatic rings. The van der Waals surface area contributed by atoms with Gasteiger partial charge in [0.2, 0.25) is 0 Å². The summed E-state index contributed by atoms with van der Waals surface area (Å²) in [6.45, 7) is 7.12. The maximum Gasteiger partial charge on any atom is 0.331 e. The summed E-state index contributed by atoms with van der Waals surface area (Å²) in [5.41, 5.74) is 0.235. The standard InChI is InChI=1S/C15H21N3O2.ClH/c1-4-17(5-2)10-11-18-14(19)12-8-6-7-9-13(12)16(3)15(18)20;/h6-9H,4-5,10-11H2,1-3H3;1H. The Labute approximate surface area is 130 Å². The molecule has 21 heavy (non-hydrogen) atoms. The maximum atomic E-state index is 12.4. The SMILES string of the molecule is CCN(CC)CCn1c(=O)c2ccccc2n(C)c1=O.Cl. The second-order valence-electron chi connectivity index (χ2n) is 4.84. The van der Waals surface area contributed by atoms with Gasteiger partial charge in [0, 0.05) is 20.1 Å². The van der Waals surface area contributed by atoms with Crippen LogP contribution in [0.25, 0.3) is 10.9 Å². The van der Waals surface area contributed by atoms with Crippen molar-refractivity contribution in [2.45, 2.75) is 20.4 Å². The number of nitrogens with zero attached hydrogens (tertiary/aromatic N) is 3. The third kappa shape index (κ3) is 3.36. The van der Waals surface area contributed by atoms with Crippen molar-refractivity contribution >= 4 is 23.3 Å². The molecule has 0 aliphatic heterocycles. The molecule has 2 rings (SSSR count). The fourth-order valence-corrected chi connectivity index (χ4v) is 2.44. The van der Waals surface area contributed by atoms with Crippen molar-refractivity contribution < 1.29 is 0 Å². The highest BCUT2D eigenvalue weighted by Gasteiger charge is 2.10. The van der Waals surface area contributed by atoms with E-state index < -0.39 is 0 Å². The molecular weight excluding hydrogens is 290 g/mol. The Morgan fingerprint density at radius 2 is 1.71 bits per heavy atom. The Balaban J connectivity index is 0.00000220. The summed E-state index contributed by atoms with van der Waals surface area (Å²) < 4.78 is 2.87. The average molecular weight is 312 g/mol. The summed E-state index contributed by atoms with van der Waals surface area (Å²) in [7, 11) is 1.71. The third-order valence-electron chi connectivity index (χ3n) is 3.79. The van der Waals surface area contributed by atoms with Crippen molar-refractivity contribution in [3.05, 3.63) is 45.1 Å². The van der Waals surface area contributed by atoms with E-state index in [1.165, 1.54) is 4.57 Å². The lowest BCUT2D eigenvalue weighted by atomic mass is 10.2. The Morgan fingerprint density at radius 1 is 1.10 bits per heavy atom. The molecule has 0 spiro atoms. The number of benzene rings is 1. The first kappa shape index (κ1) is 17.5. The van der Waals surface area contributed by atoms with Crippen molar-refractivity contribution in [3.8, 4) is 0 Å². The smallest absolute Gasteiger partial charge is 0.302 e. The highest BCUT2D eigenvalue weighted by Crippen LogP contribution is 2.05. The van der Waals surface area contributed by atoms with Gasteiger partial charge < -0.3 is 4.90 Å². The second-order valence-corrected chi connectivity index (χ2v) is 4.84. The molecule has 5 nitrogen and oxygen atoms in total. The van der Waals surface area contributed by atoms with Crippen molar-refractivity contribution in [3.63, 3.8) is 0 Å². The molecule has 1 heterocycles. The molecular formula is C15H22ClN3O2. The first-order valence-corrected chi connectivity index (χ1v) is 7.01. The van der Waals surface area contributed by atoms with Gasteiger partial charge in [0.1, 0.15) is 0 Å². The zero-order chi connectivity index (χ0) is 14.7. The summed E-state index contributed by atoms with van der Waals surface area (Å²) in [6, 6.07) is 7.22. The second kappa shape index (κ2) is 7.43. The monoisotopic (exact) mass is 311 g/mol. The Kier molecular flexibility index (Phi) is 6.18. The lowest BCUT2D eigenvalue weighted by Gasteiger charge is -2.18. The highest BCUT2D eigenvalue weighted by atomic mass is 35.5. The van der Waals surface area contributed by atoms with Gasteiger partial charge in [-0.2, -0.15) is 0 Å². The van der Waals surface area contributed by atoms with Crippen molar-refractivity contribution in [2.24, 2.45) is 7.05 Å². The van der Waals surface area contributed by atoms with Gasteiger partial charge in [0.25, 0.3) is 5.56 Å². The molecule has 0 saturated carbocycles. The van der Waals surface area contributed by atoms with Crippen LogP contribution in [0.2, 0.25) is 0 Å². The number of rotatable bonds is 5. The quantitative estimate of drug-likeness (QED) is 0.840. The largest absolute Gasteiger partial charge is 0.331 e. The van der Waals surface area contributed by atoms with Gasteiger partial charge in [-0.25, -0.2) is 4.79 Å². The van der Waals surface area contributed by atoms with Crippen molar-refractivity contribution in [1.29, 1.82) is 0 Å². The zero-order valence-electron chi connectivity index (χ0n) is 12.7. The van der Waals surface area contributed by atoms with Gasteiger partial charge >= 0.3 is 5.69 Å². The lowest BCUT2D eigenvalue weighted by molar-refractivity contribution is 0.286. The summed E-state index contributed by atoms with van der Waals surface area (Å²) in [4.78, 5) is 26.9. The Bertz CT molecular complexity index is 717. The van der Waals surface area contributed by atoms with E-state index in [1.54, 1.807) is 23.7 Å². The maximum absolute atomic E-state index is 12.4. The van der Waals surface area contributed by atoms with Crippen LogP contribution in [-0.2, 0) is 13.6 Å². The predicted octanol–water partition coefficient (Wildman–Crippen LogP) is 1.46. The van der Waals surface area contributed by atoms with E-state index in [2.05, 4.69) is 18.7 Å². The fraction of sp³-hybridized carbons (Fsp3) is 0.467. The number of hydrogen-bond donors (Lipinski definition) is 0. The van der Waals surface area contributed by atoms with Crippen LogP contribution in [0.5, 0.6) is 0 Å². The highest BCUT2D eigenvalue weighted by molar-refractivity contribution is 5.85. The van der Waals surface area contributed by atoms with Crippen LogP contribution < -0.4 is 11.2 Å². The van der Waals surface area contributed by atoms with E-state index in [9.17, 15) is 9.59 Å². The molecule has 1 aromatic heterocycles. The van der Waals surface area contributed by atoms with Crippen LogP contribution in [0, 0.1) is 0 Å². The molecule has 0 bridgehead atoms. The topological polar surface area (TPSA) is 47.2 Å². The van der Waals surface area contributed by atoms with Gasteiger partial charge in [-0.3, -0.25) is 13.9 Å². The normalized spacial score (nSPS) is 10.9. The molecule has 0 N–H and O–H groups in total. The van der Waals surface area contributed by atoms with E-state index in [4.69, 9.17) is 0 Å². The number of aromatic nitrogens is 2. The van der Waals surface area contributed by atoms with Gasteiger partial charge in [-0.05, 0) is 25.2 Å². The van der Waals surface area contributed by atoms with E-state index in [0.29, 0.717) is 24.0 Å². The molecule has 6 heteroatoms. The van der Waals surface area contributed by atoms with Gasteiger partial charge in [-0.1, -0.05) is 26.0 Å². The minimum Gasteiger partial charge on any atom is -0.302 e. The summed E-state index contributed by atoms with van der Waals surface area (Å²) in [5.74, 6) is 0. The first-order valence-electron chi connectivity index (χ1n) is 7.01. The summed E-state index contributed by atoms with van der Waals surface area (Å²) in [6.07, 6.45) is 0. The van der Waals surface area contributed by atoms with Crippen LogP contribution in [0.4, 0.5) is 0 Å². The van der Waals surface area contributed by atoms with E-state index >= 15 is 0 Å². The van der Waals surface area contributed by atoms with Crippen LogP contribution in [-0.4, -0.2) is 33.7 Å². The number of likely N-dealkylation sites (N-methyl/N-ethyl adjacent to an activating group) is 1. The Hall–Kier alpha value is -1.59. The number of hydrogen-bond acceptors (Lipinski definition) is 3. The fourth-order valence-electron chi connectivity index (χ4n) is 2.44. The minimum absolute atomic E-state index is 0. The average Bonchev–Trinajstić information content (AvgIpc) is 2.49. The Morgan fingerprint density at radius 3 is 2.33 bits per heavy atom. The molecule has 0 amide bonds. The summed E-state index contributed by atoms with van der Waals surface area (Å²) >= 11 is 0. The first-order chi connectivity index (χ1) is 9.60. The predicted molar refractivity (Wildman–Crippen MR) is 88.5 cm³/mol. The molecule has 0 unspecified atom stereocenters. The minimum atomic E-state index is -0.249. The van der Waals surface area contributed by atoms with Crippen LogP contribution >= 0.6 is 12.4 Å².